The van der Waals surface area contributed by atoms with E-state index in [-0.39, 0.29) is 0 Å². The van der Waals surface area contributed by atoms with E-state index in [1.807, 2.05) is 0 Å². The first-order valence-corrected chi connectivity index (χ1v) is 6.51. The highest BCUT2D eigenvalue weighted by Crippen LogP contribution is 2.22. The molecule has 15 heavy (non-hydrogen) atoms. The van der Waals surface area contributed by atoms with E-state index in [1.165, 1.54) is 0 Å². The first kappa shape index (κ1) is 10.4. The lowest BCUT2D eigenvalue weighted by Gasteiger charge is -2.18. The molecular formula is C10H15N3OS. The molecule has 4 nitrogen and oxygen atoms in total. The number of nitrogens with one attached hydrogen (secondary N) is 1. The second-order valence-electron chi connectivity index (χ2n) is 3.73. The van der Waals surface area contributed by atoms with Crippen LogP contribution in [0.1, 0.15) is 12.8 Å². The van der Waals surface area contributed by atoms with Crippen molar-refractivity contribution in [2.75, 3.05) is 18.8 Å². The highest BCUT2D eigenvalue weighted by Gasteiger charge is 2.23. The van der Waals surface area contributed by atoms with Gasteiger partial charge in [-0.1, -0.05) is 6.07 Å². The van der Waals surface area contributed by atoms with Crippen LogP contribution in [-0.2, 0) is 9.92 Å². The molecule has 5 heteroatoms. The second-order valence-corrected chi connectivity index (χ2v) is 5.77. The van der Waals surface area contributed by atoms with Crippen LogP contribution in [-0.4, -0.2) is 21.6 Å². The molecule has 0 saturated carbocycles. The van der Waals surface area contributed by atoms with Crippen LogP contribution >= 0.6 is 0 Å². The van der Waals surface area contributed by atoms with Gasteiger partial charge in [-0.2, -0.15) is 0 Å². The minimum atomic E-state index is -2.81. The molecule has 1 aromatic carbocycles. The van der Waals surface area contributed by atoms with Gasteiger partial charge in [0.05, 0.1) is 4.90 Å². The third-order valence-electron chi connectivity index (χ3n) is 2.61. The van der Waals surface area contributed by atoms with Gasteiger partial charge in [0, 0.05) is 18.8 Å². The quantitative estimate of drug-likeness (QED) is 0.752. The van der Waals surface area contributed by atoms with Crippen LogP contribution in [0.25, 0.3) is 0 Å². The zero-order valence-corrected chi connectivity index (χ0v) is 9.30. The SMILES string of the molecule is N=S(=O)(c1cccc(N)c1)N1CCCC1. The molecule has 1 fully saturated rings. The van der Waals surface area contributed by atoms with Crippen molar-refractivity contribution >= 4 is 15.6 Å². The number of anilines is 1. The summed E-state index contributed by atoms with van der Waals surface area (Å²) in [5, 5.41) is 0. The van der Waals surface area contributed by atoms with Crippen LogP contribution in [0.4, 0.5) is 5.69 Å². The van der Waals surface area contributed by atoms with Crippen molar-refractivity contribution in [2.24, 2.45) is 0 Å². The highest BCUT2D eigenvalue weighted by atomic mass is 32.2. The number of nitrogen functional groups attached to an aromatic ring is 1. The molecule has 1 aliphatic rings. The van der Waals surface area contributed by atoms with Gasteiger partial charge < -0.3 is 5.73 Å². The fourth-order valence-corrected chi connectivity index (χ4v) is 3.41. The lowest BCUT2D eigenvalue weighted by molar-refractivity contribution is 0.524. The van der Waals surface area contributed by atoms with E-state index in [9.17, 15) is 4.21 Å². The van der Waals surface area contributed by atoms with Crippen molar-refractivity contribution in [2.45, 2.75) is 17.7 Å². The summed E-state index contributed by atoms with van der Waals surface area (Å²) in [7, 11) is -2.81. The Kier molecular flexibility index (Phi) is 2.67. The van der Waals surface area contributed by atoms with Crippen molar-refractivity contribution in [3.8, 4) is 0 Å². The molecule has 1 unspecified atom stereocenters. The minimum Gasteiger partial charge on any atom is -0.399 e. The molecule has 1 aliphatic heterocycles. The monoisotopic (exact) mass is 225 g/mol. The normalized spacial score (nSPS) is 21.3. The van der Waals surface area contributed by atoms with Crippen molar-refractivity contribution in [3.63, 3.8) is 0 Å². The fourth-order valence-electron chi connectivity index (χ4n) is 1.78. The third kappa shape index (κ3) is 1.98. The molecule has 3 N–H and O–H groups in total. The summed E-state index contributed by atoms with van der Waals surface area (Å²) < 4.78 is 22.0. The summed E-state index contributed by atoms with van der Waals surface area (Å²) in [6.07, 6.45) is 2.05. The average molecular weight is 225 g/mol. The van der Waals surface area contributed by atoms with Gasteiger partial charge in [0.25, 0.3) is 0 Å². The van der Waals surface area contributed by atoms with E-state index >= 15 is 0 Å². The molecule has 0 bridgehead atoms. The van der Waals surface area contributed by atoms with Crippen LogP contribution in [0, 0.1) is 4.78 Å². The highest BCUT2D eigenvalue weighted by molar-refractivity contribution is 7.90. The number of nitrogens with zero attached hydrogens (tertiary/aromatic N) is 1. The molecule has 0 amide bonds. The lowest BCUT2D eigenvalue weighted by Crippen LogP contribution is -2.26. The first-order valence-electron chi connectivity index (χ1n) is 5.00. The zero-order chi connectivity index (χ0) is 10.9. The Hall–Kier alpha value is -1.07. The van der Waals surface area contributed by atoms with Crippen molar-refractivity contribution in [1.29, 1.82) is 4.78 Å². The van der Waals surface area contributed by atoms with E-state index in [1.54, 1.807) is 28.6 Å². The number of nitrogens with two attached hydrogens (primary N) is 1. The predicted molar refractivity (Wildman–Crippen MR) is 60.8 cm³/mol. The van der Waals surface area contributed by atoms with Crippen LogP contribution in [0.2, 0.25) is 0 Å². The summed E-state index contributed by atoms with van der Waals surface area (Å²) in [6, 6.07) is 6.83. The topological polar surface area (TPSA) is 70.2 Å². The van der Waals surface area contributed by atoms with Crippen LogP contribution < -0.4 is 5.73 Å². The lowest BCUT2D eigenvalue weighted by atomic mass is 10.3. The Balaban J connectivity index is 2.36. The molecule has 1 heterocycles. The molecule has 82 valence electrons. The Morgan fingerprint density at radius 3 is 2.60 bits per heavy atom. The van der Waals surface area contributed by atoms with Gasteiger partial charge in [-0.05, 0) is 31.0 Å². The number of hydrogen-bond acceptors (Lipinski definition) is 3. The van der Waals surface area contributed by atoms with Gasteiger partial charge in [0.15, 0.2) is 0 Å². The zero-order valence-electron chi connectivity index (χ0n) is 8.48. The maximum absolute atomic E-state index is 12.3. The minimum absolute atomic E-state index is 0.518. The van der Waals surface area contributed by atoms with Gasteiger partial charge >= 0.3 is 0 Å². The second kappa shape index (κ2) is 3.83. The smallest absolute Gasteiger partial charge is 0.137 e. The molecule has 0 aliphatic carbocycles. The fraction of sp³-hybridized carbons (Fsp3) is 0.400. The Morgan fingerprint density at radius 1 is 1.33 bits per heavy atom. The molecule has 0 radical (unpaired) electrons. The van der Waals surface area contributed by atoms with Crippen LogP contribution in [0.3, 0.4) is 0 Å². The number of benzene rings is 1. The molecule has 1 saturated heterocycles. The Bertz CT molecular complexity index is 449. The van der Waals surface area contributed by atoms with Gasteiger partial charge in [0.2, 0.25) is 0 Å². The summed E-state index contributed by atoms with van der Waals surface area (Å²) >= 11 is 0. The molecule has 1 aromatic rings. The van der Waals surface area contributed by atoms with Gasteiger partial charge in [0.1, 0.15) is 9.92 Å². The third-order valence-corrected chi connectivity index (χ3v) is 4.59. The molecule has 2 rings (SSSR count). The van der Waals surface area contributed by atoms with Crippen molar-refractivity contribution in [1.82, 2.24) is 4.31 Å². The maximum atomic E-state index is 12.3. The number of hydrogen-bond donors (Lipinski definition) is 2. The average Bonchev–Trinajstić information content (AvgIpc) is 2.71. The first-order chi connectivity index (χ1) is 7.10. The Labute approximate surface area is 90.2 Å². The van der Waals surface area contributed by atoms with Crippen molar-refractivity contribution in [3.05, 3.63) is 24.3 Å². The Morgan fingerprint density at radius 2 is 2.00 bits per heavy atom. The molecule has 0 aromatic heterocycles. The van der Waals surface area contributed by atoms with Gasteiger partial charge in [-0.3, -0.25) is 0 Å². The van der Waals surface area contributed by atoms with Crippen molar-refractivity contribution < 1.29 is 4.21 Å². The van der Waals surface area contributed by atoms with E-state index in [2.05, 4.69) is 0 Å². The maximum Gasteiger partial charge on any atom is 0.137 e. The standard InChI is InChI=1S/C10H15N3OS/c11-9-4-3-5-10(8-9)15(12,14)13-6-1-2-7-13/h3-5,8,12H,1-2,6-7,11H2. The van der Waals surface area contributed by atoms with Gasteiger partial charge in [-0.15, -0.1) is 0 Å². The molecular weight excluding hydrogens is 210 g/mol. The summed E-state index contributed by atoms with van der Waals surface area (Å²) in [5.41, 5.74) is 6.19. The van der Waals surface area contributed by atoms with Gasteiger partial charge in [-0.25, -0.2) is 13.3 Å². The van der Waals surface area contributed by atoms with E-state index < -0.39 is 9.92 Å². The summed E-state index contributed by atoms with van der Waals surface area (Å²) in [4.78, 5) is 0.518. The predicted octanol–water partition coefficient (Wildman–Crippen LogP) is 1.69. The number of rotatable bonds is 2. The van der Waals surface area contributed by atoms with Crippen LogP contribution in [0.15, 0.2) is 29.2 Å². The summed E-state index contributed by atoms with van der Waals surface area (Å²) in [5.74, 6) is 0. The van der Waals surface area contributed by atoms with E-state index in [4.69, 9.17) is 10.5 Å². The summed E-state index contributed by atoms with van der Waals surface area (Å²) in [6.45, 7) is 1.49. The van der Waals surface area contributed by atoms with Crippen LogP contribution in [0.5, 0.6) is 0 Å². The van der Waals surface area contributed by atoms with E-state index in [0.29, 0.717) is 10.6 Å². The largest absolute Gasteiger partial charge is 0.399 e. The molecule has 1 atom stereocenters. The van der Waals surface area contributed by atoms with E-state index in [0.717, 1.165) is 25.9 Å². The molecule has 0 spiro atoms.